The quantitative estimate of drug-likeness (QED) is 0.0261. The lowest BCUT2D eigenvalue weighted by Crippen LogP contribution is -2.31. The van der Waals surface area contributed by atoms with Crippen LogP contribution in [0.4, 0.5) is 0 Å². The molecule has 0 saturated heterocycles. The summed E-state index contributed by atoms with van der Waals surface area (Å²) in [5.74, 6) is -0.874. The van der Waals surface area contributed by atoms with E-state index >= 15 is 0 Å². The molecule has 0 aromatic rings. The number of unbranched alkanes of at least 4 members (excludes halogenated alkanes) is 28. The van der Waals surface area contributed by atoms with Crippen molar-refractivity contribution in [2.45, 2.75) is 265 Å². The van der Waals surface area contributed by atoms with Crippen molar-refractivity contribution in [1.82, 2.24) is 0 Å². The zero-order valence-corrected chi connectivity index (χ0v) is 38.6. The Balaban J connectivity index is 4.46. The first kappa shape index (κ1) is 55.4. The molecule has 0 fully saturated rings. The van der Waals surface area contributed by atoms with Crippen molar-refractivity contribution in [3.8, 4) is 0 Å². The summed E-state index contributed by atoms with van der Waals surface area (Å²) in [6.07, 6.45) is 39.5. The van der Waals surface area contributed by atoms with Gasteiger partial charge in [0.05, 0.1) is 0 Å². The van der Waals surface area contributed by atoms with Gasteiger partial charge >= 0.3 is 17.9 Å². The Bertz CT molecular complexity index is 895. The third-order valence-corrected chi connectivity index (χ3v) is 11.7. The summed E-state index contributed by atoms with van der Waals surface area (Å²) in [7, 11) is 0. The Hall–Kier alpha value is -1.63. The molecule has 0 rings (SSSR count). The van der Waals surface area contributed by atoms with Crippen LogP contribution in [0.5, 0.6) is 0 Å². The van der Waals surface area contributed by atoms with Gasteiger partial charge in [-0.25, -0.2) is 0 Å². The third-order valence-electron chi connectivity index (χ3n) is 11.4. The number of ether oxygens (including phenoxy) is 3. The Morgan fingerprint density at radius 3 is 1.09 bits per heavy atom. The van der Waals surface area contributed by atoms with Gasteiger partial charge in [0.25, 0.3) is 0 Å². The molecule has 0 bridgehead atoms. The van der Waals surface area contributed by atoms with Gasteiger partial charge in [-0.1, -0.05) is 220 Å². The monoisotopic (exact) mass is 827 g/mol. The highest BCUT2D eigenvalue weighted by Gasteiger charge is 2.21. The van der Waals surface area contributed by atoms with Crippen molar-refractivity contribution in [2.75, 3.05) is 13.2 Å². The number of hydrogen-bond donors (Lipinski definition) is 0. The normalized spacial score (nSPS) is 12.5. The van der Waals surface area contributed by atoms with Crippen molar-refractivity contribution < 1.29 is 33.4 Å². The van der Waals surface area contributed by atoms with Crippen molar-refractivity contribution in [1.29, 1.82) is 0 Å². The van der Waals surface area contributed by atoms with Crippen LogP contribution in [0.15, 0.2) is 0 Å². The molecule has 2 atom stereocenters. The highest BCUT2D eigenvalue weighted by molar-refractivity contribution is 6.63. The summed E-state index contributed by atoms with van der Waals surface area (Å²) in [5.41, 5.74) is 0. The molecule has 2 unspecified atom stereocenters. The molecule has 0 spiro atoms. The fourth-order valence-corrected chi connectivity index (χ4v) is 7.52. The van der Waals surface area contributed by atoms with E-state index in [1.807, 2.05) is 6.92 Å². The lowest BCUT2D eigenvalue weighted by atomic mass is 9.98. The van der Waals surface area contributed by atoms with Crippen LogP contribution in [0, 0.1) is 11.8 Å². The molecule has 0 aliphatic rings. The Kier molecular flexibility index (Phi) is 41.3. The van der Waals surface area contributed by atoms with Gasteiger partial charge in [0.1, 0.15) is 13.2 Å². The Morgan fingerprint density at radius 2 is 0.737 bits per heavy atom. The Labute approximate surface area is 357 Å². The summed E-state index contributed by atoms with van der Waals surface area (Å²) in [6, 6.07) is 0. The molecule has 0 heterocycles. The number of halogens is 1. The van der Waals surface area contributed by atoms with E-state index in [1.54, 1.807) is 0 Å². The second-order valence-corrected chi connectivity index (χ2v) is 17.7. The number of carbonyl (C=O) groups is 4. The second-order valence-electron chi connectivity index (χ2n) is 17.3. The molecule has 0 saturated carbocycles. The predicted molar refractivity (Wildman–Crippen MR) is 239 cm³/mol. The van der Waals surface area contributed by atoms with Crippen LogP contribution in [-0.2, 0) is 33.4 Å². The lowest BCUT2D eigenvalue weighted by Gasteiger charge is -2.19. The molecule has 0 aliphatic carbocycles. The molecule has 57 heavy (non-hydrogen) atoms. The molecular formula is C49H91ClO7. The highest BCUT2D eigenvalue weighted by atomic mass is 35.5. The van der Waals surface area contributed by atoms with E-state index in [2.05, 4.69) is 20.8 Å². The van der Waals surface area contributed by atoms with Gasteiger partial charge in [-0.15, -0.1) is 0 Å². The fraction of sp³-hybridized carbons (Fsp3) is 0.918. The van der Waals surface area contributed by atoms with E-state index < -0.39 is 6.10 Å². The number of esters is 3. The van der Waals surface area contributed by atoms with E-state index in [4.69, 9.17) is 25.8 Å². The molecule has 8 heteroatoms. The number of carbonyl (C=O) groups excluding carboxylic acids is 4. The number of hydrogen-bond acceptors (Lipinski definition) is 7. The van der Waals surface area contributed by atoms with Gasteiger partial charge in [0.15, 0.2) is 6.10 Å². The van der Waals surface area contributed by atoms with Crippen molar-refractivity contribution >= 4 is 34.8 Å². The van der Waals surface area contributed by atoms with E-state index in [0.717, 1.165) is 83.5 Å². The minimum absolute atomic E-state index is 0.0818. The minimum Gasteiger partial charge on any atom is -0.462 e. The predicted octanol–water partition coefficient (Wildman–Crippen LogP) is 15.1. The van der Waals surface area contributed by atoms with Gasteiger partial charge in [-0.05, 0) is 36.8 Å². The van der Waals surface area contributed by atoms with Crippen molar-refractivity contribution in [2.24, 2.45) is 11.8 Å². The molecule has 0 amide bonds. The Morgan fingerprint density at radius 1 is 0.421 bits per heavy atom. The topological polar surface area (TPSA) is 96.0 Å². The SMILES string of the molecule is CCCCCCCCCCCCCCCC(=O)OCC(COC(=O)CCCCCCCCCCCCCCC)OC(=O)CC(C)CCCCCCCC(C)C(=O)Cl. The van der Waals surface area contributed by atoms with Crippen molar-refractivity contribution in [3.63, 3.8) is 0 Å². The molecule has 0 aromatic carbocycles. The zero-order valence-electron chi connectivity index (χ0n) is 37.8. The smallest absolute Gasteiger partial charge is 0.306 e. The first-order valence-electron chi connectivity index (χ1n) is 24.4. The number of rotatable bonds is 44. The van der Waals surface area contributed by atoms with Gasteiger partial charge in [-0.2, -0.15) is 0 Å². The maximum absolute atomic E-state index is 12.9. The van der Waals surface area contributed by atoms with Crippen LogP contribution in [0.1, 0.15) is 259 Å². The maximum atomic E-state index is 12.9. The lowest BCUT2D eigenvalue weighted by molar-refractivity contribution is -0.167. The highest BCUT2D eigenvalue weighted by Crippen LogP contribution is 2.19. The molecule has 336 valence electrons. The first-order valence-corrected chi connectivity index (χ1v) is 24.8. The average Bonchev–Trinajstić information content (AvgIpc) is 3.18. The van der Waals surface area contributed by atoms with Crippen LogP contribution in [0.25, 0.3) is 0 Å². The summed E-state index contributed by atoms with van der Waals surface area (Å²) in [6.45, 7) is 8.24. The van der Waals surface area contributed by atoms with Crippen LogP contribution in [0.2, 0.25) is 0 Å². The van der Waals surface area contributed by atoms with Crippen molar-refractivity contribution in [3.05, 3.63) is 0 Å². The molecular weight excluding hydrogens is 736 g/mol. The van der Waals surface area contributed by atoms with Gasteiger partial charge in [0.2, 0.25) is 5.24 Å². The summed E-state index contributed by atoms with van der Waals surface area (Å²) in [4.78, 5) is 49.3. The summed E-state index contributed by atoms with van der Waals surface area (Å²) < 4.78 is 16.8. The maximum Gasteiger partial charge on any atom is 0.306 e. The molecule has 7 nitrogen and oxygen atoms in total. The van der Waals surface area contributed by atoms with Gasteiger partial charge in [-0.3, -0.25) is 19.2 Å². The third kappa shape index (κ3) is 40.9. The zero-order chi connectivity index (χ0) is 42.0. The fourth-order valence-electron chi connectivity index (χ4n) is 7.41. The van der Waals surface area contributed by atoms with E-state index in [1.165, 1.54) is 128 Å². The molecule has 0 N–H and O–H groups in total. The van der Waals surface area contributed by atoms with Gasteiger partial charge < -0.3 is 14.2 Å². The van der Waals surface area contributed by atoms with E-state index in [-0.39, 0.29) is 54.6 Å². The first-order chi connectivity index (χ1) is 27.7. The van der Waals surface area contributed by atoms with Crippen LogP contribution < -0.4 is 0 Å². The molecule has 0 radical (unpaired) electrons. The van der Waals surface area contributed by atoms with Crippen LogP contribution in [-0.4, -0.2) is 42.5 Å². The summed E-state index contributed by atoms with van der Waals surface area (Å²) >= 11 is 5.55. The molecule has 0 aliphatic heterocycles. The standard InChI is InChI=1S/C49H91ClO7/c1-5-7-9-11-13-15-17-19-21-23-25-30-34-38-46(51)55-41-45(57-48(53)40-43(3)36-32-28-27-29-33-37-44(4)49(50)54)42-56-47(52)39-35-31-26-24-22-20-18-16-14-12-10-8-6-2/h43-45H,5-42H2,1-4H3. The van der Waals surface area contributed by atoms with Crippen LogP contribution >= 0.6 is 11.6 Å². The second kappa shape index (κ2) is 42.5. The van der Waals surface area contributed by atoms with Gasteiger partial charge in [0, 0.05) is 25.2 Å². The van der Waals surface area contributed by atoms with E-state index in [9.17, 15) is 19.2 Å². The summed E-state index contributed by atoms with van der Waals surface area (Å²) in [5, 5.41) is -0.260. The van der Waals surface area contributed by atoms with E-state index in [0.29, 0.717) is 12.8 Å². The largest absolute Gasteiger partial charge is 0.462 e. The molecule has 0 aromatic heterocycles. The van der Waals surface area contributed by atoms with Crippen LogP contribution in [0.3, 0.4) is 0 Å². The minimum atomic E-state index is -0.807. The average molecular weight is 828 g/mol.